The molecule has 0 amide bonds. The van der Waals surface area contributed by atoms with Crippen LogP contribution in [0.5, 0.6) is 0 Å². The van der Waals surface area contributed by atoms with Crippen molar-refractivity contribution in [1.29, 1.82) is 0 Å². The van der Waals surface area contributed by atoms with Crippen molar-refractivity contribution >= 4 is 15.7 Å². The molecule has 1 aromatic rings. The van der Waals surface area contributed by atoms with E-state index < -0.39 is 15.8 Å². The SMILES string of the molecule is CC1CCCCC1N(C)S(=O)(=O)c1cc(N)cc(F)c1. The molecule has 0 aliphatic heterocycles. The summed E-state index contributed by atoms with van der Waals surface area (Å²) in [5.74, 6) is -0.317. The highest BCUT2D eigenvalue weighted by Crippen LogP contribution is 2.31. The summed E-state index contributed by atoms with van der Waals surface area (Å²) >= 11 is 0. The summed E-state index contributed by atoms with van der Waals surface area (Å²) in [5, 5.41) is 0. The molecule has 20 heavy (non-hydrogen) atoms. The summed E-state index contributed by atoms with van der Waals surface area (Å²) in [6.07, 6.45) is 4.04. The van der Waals surface area contributed by atoms with Crippen LogP contribution in [0, 0.1) is 11.7 Å². The summed E-state index contributed by atoms with van der Waals surface area (Å²) in [5.41, 5.74) is 5.66. The van der Waals surface area contributed by atoms with Crippen LogP contribution in [0.3, 0.4) is 0 Å². The highest BCUT2D eigenvalue weighted by Gasteiger charge is 2.33. The Labute approximate surface area is 119 Å². The Morgan fingerprint density at radius 3 is 2.50 bits per heavy atom. The number of benzene rings is 1. The molecule has 0 heterocycles. The molecule has 1 aliphatic rings. The van der Waals surface area contributed by atoms with E-state index >= 15 is 0 Å². The van der Waals surface area contributed by atoms with Crippen molar-refractivity contribution in [1.82, 2.24) is 4.31 Å². The largest absolute Gasteiger partial charge is 0.399 e. The first-order chi connectivity index (χ1) is 9.32. The molecule has 2 N–H and O–H groups in total. The number of nitrogens with two attached hydrogens (primary N) is 1. The molecule has 112 valence electrons. The fraction of sp³-hybridized carbons (Fsp3) is 0.571. The summed E-state index contributed by atoms with van der Waals surface area (Å²) in [7, 11) is -2.13. The van der Waals surface area contributed by atoms with Crippen molar-refractivity contribution in [3.63, 3.8) is 0 Å². The van der Waals surface area contributed by atoms with Gasteiger partial charge in [0.2, 0.25) is 10.0 Å². The van der Waals surface area contributed by atoms with E-state index in [2.05, 4.69) is 6.92 Å². The van der Waals surface area contributed by atoms with E-state index in [0.29, 0.717) is 5.92 Å². The van der Waals surface area contributed by atoms with E-state index in [-0.39, 0.29) is 16.6 Å². The third kappa shape index (κ3) is 2.96. The van der Waals surface area contributed by atoms with Crippen LogP contribution >= 0.6 is 0 Å². The summed E-state index contributed by atoms with van der Waals surface area (Å²) in [4.78, 5) is -0.0738. The maximum Gasteiger partial charge on any atom is 0.243 e. The predicted octanol–water partition coefficient (Wildman–Crippen LogP) is 2.61. The Hall–Kier alpha value is -1.14. The van der Waals surface area contributed by atoms with Crippen LogP contribution in [0.2, 0.25) is 0 Å². The molecule has 1 aromatic carbocycles. The van der Waals surface area contributed by atoms with Gasteiger partial charge in [-0.3, -0.25) is 0 Å². The van der Waals surface area contributed by atoms with Gasteiger partial charge in [0, 0.05) is 18.8 Å². The summed E-state index contributed by atoms with van der Waals surface area (Å²) in [6, 6.07) is 3.42. The van der Waals surface area contributed by atoms with Crippen molar-refractivity contribution in [2.24, 2.45) is 5.92 Å². The highest BCUT2D eigenvalue weighted by molar-refractivity contribution is 7.89. The van der Waals surface area contributed by atoms with E-state index in [0.717, 1.165) is 37.8 Å². The summed E-state index contributed by atoms with van der Waals surface area (Å²) in [6.45, 7) is 2.07. The summed E-state index contributed by atoms with van der Waals surface area (Å²) < 4.78 is 39.9. The normalized spacial score (nSPS) is 24.0. The van der Waals surface area contributed by atoms with Gasteiger partial charge in [0.25, 0.3) is 0 Å². The molecule has 1 saturated carbocycles. The van der Waals surface area contributed by atoms with Crippen molar-refractivity contribution < 1.29 is 12.8 Å². The van der Waals surface area contributed by atoms with Gasteiger partial charge in [-0.25, -0.2) is 12.8 Å². The molecule has 1 fully saturated rings. The predicted molar refractivity (Wildman–Crippen MR) is 77.2 cm³/mol. The van der Waals surface area contributed by atoms with E-state index in [4.69, 9.17) is 5.73 Å². The molecular formula is C14H21FN2O2S. The lowest BCUT2D eigenvalue weighted by Crippen LogP contribution is -2.42. The Kier molecular flexibility index (Phi) is 4.34. The third-order valence-electron chi connectivity index (χ3n) is 4.10. The van der Waals surface area contributed by atoms with Gasteiger partial charge in [0.05, 0.1) is 4.90 Å². The Morgan fingerprint density at radius 1 is 1.25 bits per heavy atom. The number of rotatable bonds is 3. The number of anilines is 1. The molecule has 2 rings (SSSR count). The molecule has 4 nitrogen and oxygen atoms in total. The van der Waals surface area contributed by atoms with Crippen LogP contribution < -0.4 is 5.73 Å². The number of hydrogen-bond donors (Lipinski definition) is 1. The minimum Gasteiger partial charge on any atom is -0.399 e. The molecule has 1 aliphatic carbocycles. The molecule has 0 aromatic heterocycles. The van der Waals surface area contributed by atoms with Gasteiger partial charge in [-0.05, 0) is 37.0 Å². The minimum atomic E-state index is -3.70. The van der Waals surface area contributed by atoms with Crippen LogP contribution in [0.15, 0.2) is 23.1 Å². The molecule has 0 spiro atoms. The zero-order valence-electron chi connectivity index (χ0n) is 11.8. The van der Waals surface area contributed by atoms with Gasteiger partial charge in [0.1, 0.15) is 5.82 Å². The van der Waals surface area contributed by atoms with Crippen molar-refractivity contribution in [3.05, 3.63) is 24.0 Å². The van der Waals surface area contributed by atoms with Crippen LogP contribution in [0.25, 0.3) is 0 Å². The molecular weight excluding hydrogens is 279 g/mol. The monoisotopic (exact) mass is 300 g/mol. The zero-order valence-corrected chi connectivity index (χ0v) is 12.7. The van der Waals surface area contributed by atoms with E-state index in [1.807, 2.05) is 0 Å². The Morgan fingerprint density at radius 2 is 1.90 bits per heavy atom. The van der Waals surface area contributed by atoms with E-state index in [9.17, 15) is 12.8 Å². The first-order valence-electron chi connectivity index (χ1n) is 6.86. The lowest BCUT2D eigenvalue weighted by Gasteiger charge is -2.35. The van der Waals surface area contributed by atoms with Crippen LogP contribution in [0.4, 0.5) is 10.1 Å². The average molecular weight is 300 g/mol. The lowest BCUT2D eigenvalue weighted by atomic mass is 9.86. The molecule has 2 atom stereocenters. The Balaban J connectivity index is 2.33. The van der Waals surface area contributed by atoms with Gasteiger partial charge >= 0.3 is 0 Å². The fourth-order valence-electron chi connectivity index (χ4n) is 2.91. The van der Waals surface area contributed by atoms with Crippen molar-refractivity contribution in [2.45, 2.75) is 43.5 Å². The molecule has 0 saturated heterocycles. The second-order valence-corrected chi connectivity index (χ2v) is 7.57. The van der Waals surface area contributed by atoms with E-state index in [1.54, 1.807) is 7.05 Å². The average Bonchev–Trinajstić information content (AvgIpc) is 2.37. The van der Waals surface area contributed by atoms with Crippen molar-refractivity contribution in [3.8, 4) is 0 Å². The molecule has 0 bridgehead atoms. The van der Waals surface area contributed by atoms with Gasteiger partial charge in [0.15, 0.2) is 0 Å². The number of halogens is 1. The van der Waals surface area contributed by atoms with Crippen molar-refractivity contribution in [2.75, 3.05) is 12.8 Å². The minimum absolute atomic E-state index is 0.0294. The standard InChI is InChI=1S/C14H21FN2O2S/c1-10-5-3-4-6-14(10)17(2)20(18,19)13-8-11(15)7-12(16)9-13/h7-10,14H,3-6,16H2,1-2H3. The third-order valence-corrected chi connectivity index (χ3v) is 5.96. The van der Waals surface area contributed by atoms with Crippen LogP contribution in [-0.4, -0.2) is 25.8 Å². The van der Waals surface area contributed by atoms with Gasteiger partial charge in [-0.15, -0.1) is 0 Å². The van der Waals surface area contributed by atoms with Gasteiger partial charge in [-0.1, -0.05) is 19.8 Å². The number of sulfonamides is 1. The van der Waals surface area contributed by atoms with Crippen LogP contribution in [-0.2, 0) is 10.0 Å². The highest BCUT2D eigenvalue weighted by atomic mass is 32.2. The lowest BCUT2D eigenvalue weighted by molar-refractivity contribution is 0.213. The second kappa shape index (κ2) is 5.69. The number of hydrogen-bond acceptors (Lipinski definition) is 3. The number of nitrogen functional groups attached to an aromatic ring is 1. The first kappa shape index (κ1) is 15.3. The first-order valence-corrected chi connectivity index (χ1v) is 8.30. The molecule has 0 radical (unpaired) electrons. The number of nitrogens with zero attached hydrogens (tertiary/aromatic N) is 1. The smallest absolute Gasteiger partial charge is 0.243 e. The second-order valence-electron chi connectivity index (χ2n) is 5.57. The zero-order chi connectivity index (χ0) is 14.9. The maximum atomic E-state index is 13.4. The topological polar surface area (TPSA) is 63.4 Å². The fourth-order valence-corrected chi connectivity index (χ4v) is 4.46. The quantitative estimate of drug-likeness (QED) is 0.873. The van der Waals surface area contributed by atoms with E-state index in [1.165, 1.54) is 10.4 Å². The van der Waals surface area contributed by atoms with Crippen LogP contribution in [0.1, 0.15) is 32.6 Å². The maximum absolute atomic E-state index is 13.4. The van der Waals surface area contributed by atoms with Gasteiger partial charge < -0.3 is 5.73 Å². The molecule has 2 unspecified atom stereocenters. The Bertz CT molecular complexity index is 569. The van der Waals surface area contributed by atoms with Gasteiger partial charge in [-0.2, -0.15) is 4.31 Å². The molecule has 6 heteroatoms.